The highest BCUT2D eigenvalue weighted by atomic mass is 16.3. The lowest BCUT2D eigenvalue weighted by Crippen LogP contribution is -2.36. The van der Waals surface area contributed by atoms with E-state index >= 15 is 0 Å². The van der Waals surface area contributed by atoms with Crippen molar-refractivity contribution >= 4 is 17.9 Å². The standard InChI is InChI=1S/C19H23N3O3/c1-22(2)12-7-11-20-19(24)17(14-16-10-6-13-25-16)21-18(23)15-8-4-3-5-9-15/h3-6,8-10,13-14H,7,11-12H2,1-2H3,(H,20,24)(H,21,23). The maximum absolute atomic E-state index is 12.4. The van der Waals surface area contributed by atoms with Crippen molar-refractivity contribution in [3.8, 4) is 0 Å². The molecule has 132 valence electrons. The smallest absolute Gasteiger partial charge is 0.267 e. The first kappa shape index (κ1) is 18.5. The summed E-state index contributed by atoms with van der Waals surface area (Å²) in [5, 5.41) is 5.48. The van der Waals surface area contributed by atoms with E-state index in [1.165, 1.54) is 12.3 Å². The Morgan fingerprint density at radius 3 is 2.52 bits per heavy atom. The summed E-state index contributed by atoms with van der Waals surface area (Å²) in [4.78, 5) is 26.8. The SMILES string of the molecule is CN(C)CCCNC(=O)C(=Cc1ccco1)NC(=O)c1ccccc1. The summed E-state index contributed by atoms with van der Waals surface area (Å²) in [5.74, 6) is -0.201. The Hall–Kier alpha value is -2.86. The third-order valence-electron chi connectivity index (χ3n) is 3.43. The molecule has 0 atom stereocenters. The lowest BCUT2D eigenvalue weighted by molar-refractivity contribution is -0.117. The van der Waals surface area contributed by atoms with Crippen molar-refractivity contribution in [3.05, 3.63) is 65.7 Å². The van der Waals surface area contributed by atoms with Gasteiger partial charge in [-0.25, -0.2) is 0 Å². The summed E-state index contributed by atoms with van der Waals surface area (Å²) >= 11 is 0. The van der Waals surface area contributed by atoms with Gasteiger partial charge in [0.15, 0.2) is 0 Å². The minimum atomic E-state index is -0.348. The number of benzene rings is 1. The van der Waals surface area contributed by atoms with Crippen LogP contribution in [-0.4, -0.2) is 43.9 Å². The van der Waals surface area contributed by atoms with Gasteiger partial charge in [0.25, 0.3) is 11.8 Å². The number of amides is 2. The summed E-state index contributed by atoms with van der Waals surface area (Å²) in [6.45, 7) is 1.39. The van der Waals surface area contributed by atoms with Gasteiger partial charge in [0.1, 0.15) is 11.5 Å². The molecule has 2 amide bonds. The molecular formula is C19H23N3O3. The summed E-state index contributed by atoms with van der Waals surface area (Å²) in [6, 6.07) is 12.2. The van der Waals surface area contributed by atoms with E-state index in [1.54, 1.807) is 36.4 Å². The van der Waals surface area contributed by atoms with Crippen LogP contribution in [0.3, 0.4) is 0 Å². The van der Waals surface area contributed by atoms with E-state index in [0.717, 1.165) is 13.0 Å². The lowest BCUT2D eigenvalue weighted by atomic mass is 10.2. The average molecular weight is 341 g/mol. The molecule has 1 heterocycles. The fraction of sp³-hybridized carbons (Fsp3) is 0.263. The molecule has 2 rings (SSSR count). The molecule has 0 fully saturated rings. The van der Waals surface area contributed by atoms with Crippen molar-refractivity contribution in [2.45, 2.75) is 6.42 Å². The van der Waals surface area contributed by atoms with Crippen LogP contribution in [0.25, 0.3) is 6.08 Å². The van der Waals surface area contributed by atoms with Crippen LogP contribution in [0, 0.1) is 0 Å². The Morgan fingerprint density at radius 2 is 1.88 bits per heavy atom. The number of hydrogen-bond acceptors (Lipinski definition) is 4. The van der Waals surface area contributed by atoms with Crippen LogP contribution in [0.15, 0.2) is 58.8 Å². The van der Waals surface area contributed by atoms with Crippen molar-refractivity contribution in [2.75, 3.05) is 27.2 Å². The Bertz CT molecular complexity index is 707. The number of hydrogen-bond donors (Lipinski definition) is 2. The number of nitrogens with one attached hydrogen (secondary N) is 2. The van der Waals surface area contributed by atoms with Crippen molar-refractivity contribution in [2.24, 2.45) is 0 Å². The summed E-state index contributed by atoms with van der Waals surface area (Å²) in [5.41, 5.74) is 0.627. The zero-order valence-corrected chi connectivity index (χ0v) is 14.5. The number of carbonyl (C=O) groups is 2. The van der Waals surface area contributed by atoms with E-state index in [9.17, 15) is 9.59 Å². The van der Waals surface area contributed by atoms with Gasteiger partial charge in [0.05, 0.1) is 6.26 Å². The predicted molar refractivity (Wildman–Crippen MR) is 96.8 cm³/mol. The minimum Gasteiger partial charge on any atom is -0.465 e. The van der Waals surface area contributed by atoms with Crippen LogP contribution in [0.2, 0.25) is 0 Å². The molecule has 2 N–H and O–H groups in total. The molecule has 6 nitrogen and oxygen atoms in total. The number of rotatable bonds is 8. The fourth-order valence-corrected chi connectivity index (χ4v) is 2.15. The molecule has 0 saturated heterocycles. The molecule has 0 spiro atoms. The van der Waals surface area contributed by atoms with E-state index in [-0.39, 0.29) is 17.5 Å². The molecule has 25 heavy (non-hydrogen) atoms. The number of furan rings is 1. The fourth-order valence-electron chi connectivity index (χ4n) is 2.15. The topological polar surface area (TPSA) is 74.6 Å². The number of nitrogens with zero attached hydrogens (tertiary/aromatic N) is 1. The van der Waals surface area contributed by atoms with E-state index in [2.05, 4.69) is 10.6 Å². The highest BCUT2D eigenvalue weighted by Gasteiger charge is 2.14. The maximum Gasteiger partial charge on any atom is 0.267 e. The van der Waals surface area contributed by atoms with E-state index < -0.39 is 0 Å². The van der Waals surface area contributed by atoms with Crippen LogP contribution in [0.1, 0.15) is 22.5 Å². The monoisotopic (exact) mass is 341 g/mol. The van der Waals surface area contributed by atoms with Crippen molar-refractivity contribution in [1.82, 2.24) is 15.5 Å². The van der Waals surface area contributed by atoms with Crippen LogP contribution < -0.4 is 10.6 Å². The first-order valence-electron chi connectivity index (χ1n) is 8.11. The van der Waals surface area contributed by atoms with Crippen molar-refractivity contribution < 1.29 is 14.0 Å². The second-order valence-electron chi connectivity index (χ2n) is 5.81. The van der Waals surface area contributed by atoms with E-state index in [1.807, 2.05) is 25.1 Å². The summed E-state index contributed by atoms with van der Waals surface area (Å²) < 4.78 is 5.24. The van der Waals surface area contributed by atoms with Gasteiger partial charge in [-0.3, -0.25) is 9.59 Å². The molecule has 1 aromatic heterocycles. The summed E-state index contributed by atoms with van der Waals surface area (Å²) in [7, 11) is 3.95. The van der Waals surface area contributed by atoms with Crippen LogP contribution in [-0.2, 0) is 4.79 Å². The van der Waals surface area contributed by atoms with Gasteiger partial charge in [-0.2, -0.15) is 0 Å². The molecule has 0 aliphatic rings. The third-order valence-corrected chi connectivity index (χ3v) is 3.43. The first-order chi connectivity index (χ1) is 12.1. The van der Waals surface area contributed by atoms with Gasteiger partial charge in [-0.05, 0) is 51.3 Å². The zero-order valence-electron chi connectivity index (χ0n) is 14.5. The molecule has 0 saturated carbocycles. The minimum absolute atomic E-state index is 0.147. The van der Waals surface area contributed by atoms with Crippen LogP contribution in [0.5, 0.6) is 0 Å². The number of carbonyl (C=O) groups excluding carboxylic acids is 2. The summed E-state index contributed by atoms with van der Waals surface area (Å²) in [6.07, 6.45) is 3.85. The Kier molecular flexibility index (Phi) is 6.98. The molecular weight excluding hydrogens is 318 g/mol. The molecule has 0 bridgehead atoms. The second kappa shape index (κ2) is 9.44. The Labute approximate surface area is 147 Å². The first-order valence-corrected chi connectivity index (χ1v) is 8.11. The molecule has 0 radical (unpaired) electrons. The second-order valence-corrected chi connectivity index (χ2v) is 5.81. The van der Waals surface area contributed by atoms with Crippen LogP contribution in [0.4, 0.5) is 0 Å². The average Bonchev–Trinajstić information content (AvgIpc) is 3.11. The molecule has 2 aromatic rings. The van der Waals surface area contributed by atoms with Gasteiger partial charge in [-0.1, -0.05) is 18.2 Å². The zero-order chi connectivity index (χ0) is 18.1. The van der Waals surface area contributed by atoms with Crippen molar-refractivity contribution in [3.63, 3.8) is 0 Å². The largest absolute Gasteiger partial charge is 0.465 e. The van der Waals surface area contributed by atoms with Gasteiger partial charge >= 0.3 is 0 Å². The van der Waals surface area contributed by atoms with Crippen molar-refractivity contribution in [1.29, 1.82) is 0 Å². The molecule has 6 heteroatoms. The molecule has 1 aromatic carbocycles. The van der Waals surface area contributed by atoms with Gasteiger partial charge in [0, 0.05) is 18.2 Å². The third kappa shape index (κ3) is 6.27. The maximum atomic E-state index is 12.4. The quantitative estimate of drug-likeness (QED) is 0.570. The van der Waals surface area contributed by atoms with Gasteiger partial charge in [0.2, 0.25) is 0 Å². The molecule has 0 unspecified atom stereocenters. The van der Waals surface area contributed by atoms with Gasteiger partial charge in [-0.15, -0.1) is 0 Å². The molecule has 0 aliphatic heterocycles. The predicted octanol–water partition coefficient (Wildman–Crippen LogP) is 2.12. The van der Waals surface area contributed by atoms with E-state index in [4.69, 9.17) is 4.42 Å². The lowest BCUT2D eigenvalue weighted by Gasteiger charge is -2.12. The van der Waals surface area contributed by atoms with Crippen LogP contribution >= 0.6 is 0 Å². The Balaban J connectivity index is 2.05. The normalized spacial score (nSPS) is 11.4. The van der Waals surface area contributed by atoms with Gasteiger partial charge < -0.3 is 20.0 Å². The van der Waals surface area contributed by atoms with E-state index in [0.29, 0.717) is 17.9 Å². The highest BCUT2D eigenvalue weighted by Crippen LogP contribution is 2.08. The Morgan fingerprint density at radius 1 is 1.12 bits per heavy atom. The molecule has 0 aliphatic carbocycles. The highest BCUT2D eigenvalue weighted by molar-refractivity contribution is 6.05.